The minimum Gasteiger partial charge on any atom is -0.468 e. The molecule has 1 N–H and O–H groups in total. The number of thioether (sulfide) groups is 1. The summed E-state index contributed by atoms with van der Waals surface area (Å²) in [5.41, 5.74) is 0.280. The van der Waals surface area contributed by atoms with Gasteiger partial charge in [0.1, 0.15) is 6.54 Å². The summed E-state index contributed by atoms with van der Waals surface area (Å²) in [6, 6.07) is 4.64. The standard InChI is InChI=1S/C16H18N4O7S3/c1-3-30(23,24)20(10-4-5-11-12(6-10)27-9-26-11)7-13(21)17-15-18-19-16(29-15)28-8-14(22)25-2/h4-6H,3,7-9H2,1-2H3,(H,17,18,21). The number of amides is 1. The number of hydrogen-bond acceptors (Lipinski definition) is 11. The molecule has 0 unspecified atom stereocenters. The van der Waals surface area contributed by atoms with Gasteiger partial charge in [-0.25, -0.2) is 8.42 Å². The number of nitrogens with one attached hydrogen (secondary N) is 1. The van der Waals surface area contributed by atoms with Crippen LogP contribution in [0.1, 0.15) is 6.92 Å². The lowest BCUT2D eigenvalue weighted by atomic mass is 10.3. The Morgan fingerprint density at radius 1 is 1.30 bits per heavy atom. The smallest absolute Gasteiger partial charge is 0.316 e. The van der Waals surface area contributed by atoms with Crippen molar-refractivity contribution >= 4 is 55.8 Å². The first kappa shape index (κ1) is 22.1. The van der Waals surface area contributed by atoms with E-state index in [0.717, 1.165) is 27.4 Å². The van der Waals surface area contributed by atoms with Crippen LogP contribution in [0.5, 0.6) is 11.5 Å². The van der Waals surface area contributed by atoms with E-state index in [1.54, 1.807) is 12.1 Å². The van der Waals surface area contributed by atoms with Crippen molar-refractivity contribution in [1.82, 2.24) is 10.2 Å². The molecule has 0 saturated heterocycles. The van der Waals surface area contributed by atoms with Crippen LogP contribution in [-0.2, 0) is 24.3 Å². The molecule has 0 radical (unpaired) electrons. The van der Waals surface area contributed by atoms with Gasteiger partial charge in [-0.15, -0.1) is 10.2 Å². The Morgan fingerprint density at radius 2 is 2.07 bits per heavy atom. The molecule has 3 rings (SSSR count). The fourth-order valence-electron chi connectivity index (χ4n) is 2.33. The first-order valence-electron chi connectivity index (χ1n) is 8.55. The Labute approximate surface area is 180 Å². The van der Waals surface area contributed by atoms with Gasteiger partial charge in [-0.2, -0.15) is 0 Å². The fourth-order valence-corrected chi connectivity index (χ4v) is 4.99. The Balaban J connectivity index is 1.70. The third-order valence-electron chi connectivity index (χ3n) is 3.83. The highest BCUT2D eigenvalue weighted by atomic mass is 32.2. The van der Waals surface area contributed by atoms with E-state index in [-0.39, 0.29) is 29.1 Å². The lowest BCUT2D eigenvalue weighted by Gasteiger charge is -2.23. The lowest BCUT2D eigenvalue weighted by Crippen LogP contribution is -2.39. The number of methoxy groups -OCH3 is 1. The van der Waals surface area contributed by atoms with Gasteiger partial charge in [0.25, 0.3) is 0 Å². The minimum atomic E-state index is -3.75. The van der Waals surface area contributed by atoms with Gasteiger partial charge in [0.05, 0.1) is 24.3 Å². The van der Waals surface area contributed by atoms with E-state index in [1.165, 1.54) is 20.1 Å². The van der Waals surface area contributed by atoms with Gasteiger partial charge in [0, 0.05) is 6.07 Å². The number of benzene rings is 1. The number of anilines is 2. The third kappa shape index (κ3) is 5.31. The molecule has 2 aromatic rings. The number of sulfonamides is 1. The van der Waals surface area contributed by atoms with Crippen LogP contribution in [0.4, 0.5) is 10.8 Å². The molecule has 0 bridgehead atoms. The van der Waals surface area contributed by atoms with Crippen LogP contribution in [0.3, 0.4) is 0 Å². The van der Waals surface area contributed by atoms with E-state index in [9.17, 15) is 18.0 Å². The second-order valence-electron chi connectivity index (χ2n) is 5.73. The molecule has 14 heteroatoms. The van der Waals surface area contributed by atoms with E-state index in [1.807, 2.05) is 0 Å². The Morgan fingerprint density at radius 3 is 2.80 bits per heavy atom. The number of ether oxygens (including phenoxy) is 3. The van der Waals surface area contributed by atoms with Crippen molar-refractivity contribution in [3.8, 4) is 11.5 Å². The largest absolute Gasteiger partial charge is 0.468 e. The van der Waals surface area contributed by atoms with Gasteiger partial charge in [0.15, 0.2) is 15.8 Å². The Bertz CT molecular complexity index is 1040. The Hall–Kier alpha value is -2.58. The van der Waals surface area contributed by atoms with Crippen molar-refractivity contribution in [1.29, 1.82) is 0 Å². The quantitative estimate of drug-likeness (QED) is 0.322. The van der Waals surface area contributed by atoms with Gasteiger partial charge < -0.3 is 14.2 Å². The second-order valence-corrected chi connectivity index (χ2v) is 10.1. The maximum absolute atomic E-state index is 12.6. The van der Waals surface area contributed by atoms with Crippen LogP contribution < -0.4 is 19.1 Å². The zero-order valence-electron chi connectivity index (χ0n) is 16.0. The van der Waals surface area contributed by atoms with E-state index in [0.29, 0.717) is 15.8 Å². The molecule has 1 amide bonds. The van der Waals surface area contributed by atoms with Crippen molar-refractivity contribution in [3.63, 3.8) is 0 Å². The van der Waals surface area contributed by atoms with Crippen LogP contribution in [0.15, 0.2) is 22.5 Å². The number of esters is 1. The number of rotatable bonds is 9. The molecule has 1 aromatic carbocycles. The van der Waals surface area contributed by atoms with Crippen LogP contribution in [0.25, 0.3) is 0 Å². The van der Waals surface area contributed by atoms with Gasteiger partial charge in [-0.3, -0.25) is 19.2 Å². The molecule has 0 aliphatic carbocycles. The van der Waals surface area contributed by atoms with Crippen molar-refractivity contribution in [2.24, 2.45) is 0 Å². The third-order valence-corrected chi connectivity index (χ3v) is 7.51. The molecule has 2 heterocycles. The summed E-state index contributed by atoms with van der Waals surface area (Å²) in [6.45, 7) is 1.08. The molecule has 1 aromatic heterocycles. The molecule has 0 atom stereocenters. The molecule has 1 aliphatic rings. The monoisotopic (exact) mass is 474 g/mol. The summed E-state index contributed by atoms with van der Waals surface area (Å²) >= 11 is 2.18. The molecule has 11 nitrogen and oxygen atoms in total. The van der Waals surface area contributed by atoms with Crippen LogP contribution in [0.2, 0.25) is 0 Å². The normalized spacial score (nSPS) is 12.5. The molecule has 162 valence electrons. The minimum absolute atomic E-state index is 0.0488. The van der Waals surface area contributed by atoms with Crippen LogP contribution in [0, 0.1) is 0 Å². The SMILES string of the molecule is CCS(=O)(=O)N(CC(=O)Nc1nnc(SCC(=O)OC)s1)c1ccc2c(c1)OCO2. The molecular formula is C16H18N4O7S3. The average Bonchev–Trinajstić information content (AvgIpc) is 3.38. The van der Waals surface area contributed by atoms with Crippen molar-refractivity contribution in [3.05, 3.63) is 18.2 Å². The summed E-state index contributed by atoms with van der Waals surface area (Å²) in [6.07, 6.45) is 0. The summed E-state index contributed by atoms with van der Waals surface area (Å²) in [4.78, 5) is 23.7. The maximum Gasteiger partial charge on any atom is 0.316 e. The number of carbonyl (C=O) groups is 2. The van der Waals surface area contributed by atoms with E-state index in [4.69, 9.17) is 9.47 Å². The number of hydrogen-bond donors (Lipinski definition) is 1. The second kappa shape index (κ2) is 9.49. The number of nitrogens with zero attached hydrogens (tertiary/aromatic N) is 3. The maximum atomic E-state index is 12.6. The highest BCUT2D eigenvalue weighted by Gasteiger charge is 2.26. The highest BCUT2D eigenvalue weighted by molar-refractivity contribution is 8.01. The molecular weight excluding hydrogens is 456 g/mol. The summed E-state index contributed by atoms with van der Waals surface area (Å²) in [5.74, 6) is -0.230. The molecule has 1 aliphatic heterocycles. The van der Waals surface area contributed by atoms with Crippen molar-refractivity contribution in [2.45, 2.75) is 11.3 Å². The van der Waals surface area contributed by atoms with E-state index < -0.39 is 28.4 Å². The van der Waals surface area contributed by atoms with Crippen molar-refractivity contribution in [2.75, 3.05) is 41.6 Å². The molecule has 30 heavy (non-hydrogen) atoms. The van der Waals surface area contributed by atoms with Gasteiger partial charge in [-0.1, -0.05) is 23.1 Å². The van der Waals surface area contributed by atoms with E-state index in [2.05, 4.69) is 20.3 Å². The lowest BCUT2D eigenvalue weighted by molar-refractivity contribution is -0.137. The zero-order chi connectivity index (χ0) is 21.7. The first-order valence-corrected chi connectivity index (χ1v) is 12.0. The van der Waals surface area contributed by atoms with Crippen molar-refractivity contribution < 1.29 is 32.2 Å². The molecule has 0 spiro atoms. The summed E-state index contributed by atoms with van der Waals surface area (Å²) in [5, 5.41) is 10.4. The summed E-state index contributed by atoms with van der Waals surface area (Å²) < 4.78 is 41.7. The number of fused-ring (bicyclic) bond motifs is 1. The summed E-state index contributed by atoms with van der Waals surface area (Å²) in [7, 11) is -2.46. The van der Waals surface area contributed by atoms with Crippen LogP contribution >= 0.6 is 23.1 Å². The topological polar surface area (TPSA) is 137 Å². The van der Waals surface area contributed by atoms with Gasteiger partial charge in [0.2, 0.25) is 27.9 Å². The van der Waals surface area contributed by atoms with Crippen LogP contribution in [-0.4, -0.2) is 62.4 Å². The first-order chi connectivity index (χ1) is 14.3. The Kier molecular flexibility index (Phi) is 6.99. The predicted octanol–water partition coefficient (Wildman–Crippen LogP) is 1.33. The molecule has 0 saturated carbocycles. The fraction of sp³-hybridized carbons (Fsp3) is 0.375. The van der Waals surface area contributed by atoms with E-state index >= 15 is 0 Å². The zero-order valence-corrected chi connectivity index (χ0v) is 18.4. The van der Waals surface area contributed by atoms with Gasteiger partial charge in [-0.05, 0) is 19.1 Å². The van der Waals surface area contributed by atoms with Gasteiger partial charge >= 0.3 is 5.97 Å². The number of carbonyl (C=O) groups excluding carboxylic acids is 2. The highest BCUT2D eigenvalue weighted by Crippen LogP contribution is 2.36. The predicted molar refractivity (Wildman–Crippen MR) is 111 cm³/mol. The number of aromatic nitrogens is 2. The molecule has 0 fully saturated rings. The average molecular weight is 475 g/mol.